The molecule has 1 nitrogen and oxygen atoms in total. The quantitative estimate of drug-likeness (QED) is 0.738. The third-order valence-electron chi connectivity index (χ3n) is 3.67. The Bertz CT molecular complexity index is 419. The van der Waals surface area contributed by atoms with Gasteiger partial charge >= 0.3 is 0 Å². The molecule has 86 valence electrons. The van der Waals surface area contributed by atoms with Crippen LogP contribution >= 0.6 is 0 Å². The van der Waals surface area contributed by atoms with E-state index < -0.39 is 0 Å². The van der Waals surface area contributed by atoms with Crippen LogP contribution < -0.4 is 0 Å². The van der Waals surface area contributed by atoms with Crippen molar-refractivity contribution < 1.29 is 4.79 Å². The molecule has 1 fully saturated rings. The molecule has 0 unspecified atom stereocenters. The van der Waals surface area contributed by atoms with Crippen LogP contribution in [0.3, 0.4) is 0 Å². The number of hydrogen-bond acceptors (Lipinski definition) is 1. The van der Waals surface area contributed by atoms with E-state index >= 15 is 0 Å². The standard InChI is InChI=1S/C15H20O/c1-11(16)15(9-10-15)13-8-6-5-7-12(13)14(2,3)4/h5-8H,9-10H2,1-4H3. The van der Waals surface area contributed by atoms with Crippen molar-refractivity contribution in [2.24, 2.45) is 0 Å². The Labute approximate surface area is 97.9 Å². The van der Waals surface area contributed by atoms with Gasteiger partial charge in [0, 0.05) is 0 Å². The molecule has 1 aliphatic carbocycles. The lowest BCUT2D eigenvalue weighted by Gasteiger charge is -2.26. The van der Waals surface area contributed by atoms with Crippen LogP contribution in [0.15, 0.2) is 24.3 Å². The van der Waals surface area contributed by atoms with Crippen LogP contribution in [0.2, 0.25) is 0 Å². The van der Waals surface area contributed by atoms with Crippen LogP contribution in [0.4, 0.5) is 0 Å². The van der Waals surface area contributed by atoms with Gasteiger partial charge in [0.15, 0.2) is 0 Å². The molecule has 1 saturated carbocycles. The van der Waals surface area contributed by atoms with E-state index in [0.29, 0.717) is 5.78 Å². The Morgan fingerprint density at radius 2 is 1.75 bits per heavy atom. The monoisotopic (exact) mass is 216 g/mol. The van der Waals surface area contributed by atoms with Gasteiger partial charge in [0.25, 0.3) is 0 Å². The summed E-state index contributed by atoms with van der Waals surface area (Å²) in [7, 11) is 0. The van der Waals surface area contributed by atoms with Crippen LogP contribution in [0, 0.1) is 0 Å². The number of rotatable bonds is 2. The maximum Gasteiger partial charge on any atom is 0.140 e. The Hall–Kier alpha value is -1.11. The predicted octanol–water partition coefficient (Wildman–Crippen LogP) is 3.60. The topological polar surface area (TPSA) is 17.1 Å². The van der Waals surface area contributed by atoms with Crippen molar-refractivity contribution in [3.05, 3.63) is 35.4 Å². The van der Waals surface area contributed by atoms with Crippen LogP contribution in [0.1, 0.15) is 51.7 Å². The number of benzene rings is 1. The second-order valence-corrected chi connectivity index (χ2v) is 5.93. The molecule has 1 aliphatic rings. The second kappa shape index (κ2) is 3.44. The van der Waals surface area contributed by atoms with Crippen molar-refractivity contribution in [1.82, 2.24) is 0 Å². The summed E-state index contributed by atoms with van der Waals surface area (Å²) in [6.07, 6.45) is 2.05. The van der Waals surface area contributed by atoms with E-state index in [1.807, 2.05) is 6.07 Å². The number of carbonyl (C=O) groups is 1. The Morgan fingerprint density at radius 3 is 2.19 bits per heavy atom. The summed E-state index contributed by atoms with van der Waals surface area (Å²) in [5.41, 5.74) is 2.55. The summed E-state index contributed by atoms with van der Waals surface area (Å²) in [5, 5.41) is 0. The molecule has 0 N–H and O–H groups in total. The number of carbonyl (C=O) groups excluding carboxylic acids is 1. The molecule has 1 heteroatoms. The Morgan fingerprint density at radius 1 is 1.19 bits per heavy atom. The number of hydrogen-bond donors (Lipinski definition) is 0. The summed E-state index contributed by atoms with van der Waals surface area (Å²) in [4.78, 5) is 11.8. The Kier molecular flexibility index (Phi) is 2.45. The highest BCUT2D eigenvalue weighted by Crippen LogP contribution is 2.51. The van der Waals surface area contributed by atoms with E-state index in [2.05, 4.69) is 39.0 Å². The normalized spacial score (nSPS) is 18.2. The van der Waals surface area contributed by atoms with Gasteiger partial charge in [-0.3, -0.25) is 4.79 Å². The maximum absolute atomic E-state index is 11.8. The molecule has 1 aromatic carbocycles. The van der Waals surface area contributed by atoms with Gasteiger partial charge in [-0.1, -0.05) is 45.0 Å². The second-order valence-electron chi connectivity index (χ2n) is 5.93. The summed E-state index contributed by atoms with van der Waals surface area (Å²) >= 11 is 0. The van der Waals surface area contributed by atoms with E-state index in [9.17, 15) is 4.79 Å². The zero-order chi connectivity index (χ0) is 12.0. The van der Waals surface area contributed by atoms with E-state index in [4.69, 9.17) is 0 Å². The fourth-order valence-electron chi connectivity index (χ4n) is 2.49. The number of Topliss-reactive ketones (excluding diaryl/α,β-unsaturated/α-hetero) is 1. The zero-order valence-corrected chi connectivity index (χ0v) is 10.6. The summed E-state index contributed by atoms with van der Waals surface area (Å²) in [6, 6.07) is 8.42. The van der Waals surface area contributed by atoms with Gasteiger partial charge in [-0.2, -0.15) is 0 Å². The summed E-state index contributed by atoms with van der Waals surface area (Å²) < 4.78 is 0. The SMILES string of the molecule is CC(=O)C1(c2ccccc2C(C)(C)C)CC1. The molecule has 0 heterocycles. The maximum atomic E-state index is 11.8. The average molecular weight is 216 g/mol. The van der Waals surface area contributed by atoms with Gasteiger partial charge < -0.3 is 0 Å². The molecule has 16 heavy (non-hydrogen) atoms. The van der Waals surface area contributed by atoms with Crippen LogP contribution in [-0.2, 0) is 15.6 Å². The van der Waals surface area contributed by atoms with E-state index in [-0.39, 0.29) is 10.8 Å². The highest BCUT2D eigenvalue weighted by atomic mass is 16.1. The molecule has 2 rings (SSSR count). The molecular weight excluding hydrogens is 196 g/mol. The van der Waals surface area contributed by atoms with Gasteiger partial charge in [0.1, 0.15) is 5.78 Å². The molecule has 1 aromatic rings. The Balaban J connectivity index is 2.54. The highest BCUT2D eigenvalue weighted by Gasteiger charge is 2.50. The predicted molar refractivity (Wildman–Crippen MR) is 66.7 cm³/mol. The first kappa shape index (κ1) is 11.4. The minimum atomic E-state index is -0.149. The molecule has 0 amide bonds. The van der Waals surface area contributed by atoms with E-state index in [0.717, 1.165) is 12.8 Å². The van der Waals surface area contributed by atoms with Crippen molar-refractivity contribution in [2.45, 2.75) is 51.4 Å². The molecule has 0 spiro atoms. The minimum Gasteiger partial charge on any atom is -0.299 e. The molecule has 0 bridgehead atoms. The van der Waals surface area contributed by atoms with Crippen molar-refractivity contribution >= 4 is 5.78 Å². The smallest absolute Gasteiger partial charge is 0.140 e. The average Bonchev–Trinajstić information content (AvgIpc) is 2.97. The highest BCUT2D eigenvalue weighted by molar-refractivity contribution is 5.91. The van der Waals surface area contributed by atoms with Crippen molar-refractivity contribution in [1.29, 1.82) is 0 Å². The van der Waals surface area contributed by atoms with Gasteiger partial charge in [-0.15, -0.1) is 0 Å². The lowest BCUT2D eigenvalue weighted by molar-refractivity contribution is -0.119. The zero-order valence-electron chi connectivity index (χ0n) is 10.6. The van der Waals surface area contributed by atoms with Crippen molar-refractivity contribution in [3.8, 4) is 0 Å². The van der Waals surface area contributed by atoms with Crippen molar-refractivity contribution in [3.63, 3.8) is 0 Å². The lowest BCUT2D eigenvalue weighted by Crippen LogP contribution is -2.23. The van der Waals surface area contributed by atoms with E-state index in [1.165, 1.54) is 11.1 Å². The molecular formula is C15H20O. The van der Waals surface area contributed by atoms with Gasteiger partial charge in [-0.05, 0) is 36.3 Å². The van der Waals surface area contributed by atoms with Crippen LogP contribution in [0.5, 0.6) is 0 Å². The number of ketones is 1. The first-order valence-corrected chi connectivity index (χ1v) is 5.99. The minimum absolute atomic E-state index is 0.113. The molecule has 0 aliphatic heterocycles. The van der Waals surface area contributed by atoms with Crippen LogP contribution in [0.25, 0.3) is 0 Å². The largest absolute Gasteiger partial charge is 0.299 e. The fourth-order valence-corrected chi connectivity index (χ4v) is 2.49. The first-order valence-electron chi connectivity index (χ1n) is 5.99. The molecule has 0 saturated heterocycles. The van der Waals surface area contributed by atoms with E-state index in [1.54, 1.807) is 6.92 Å². The summed E-state index contributed by atoms with van der Waals surface area (Å²) in [5.74, 6) is 0.323. The first-order chi connectivity index (χ1) is 7.38. The third kappa shape index (κ3) is 1.68. The molecule has 0 radical (unpaired) electrons. The van der Waals surface area contributed by atoms with Gasteiger partial charge in [0.2, 0.25) is 0 Å². The van der Waals surface area contributed by atoms with Crippen LogP contribution in [-0.4, -0.2) is 5.78 Å². The fraction of sp³-hybridized carbons (Fsp3) is 0.533. The van der Waals surface area contributed by atoms with Crippen molar-refractivity contribution in [2.75, 3.05) is 0 Å². The lowest BCUT2D eigenvalue weighted by atomic mass is 9.77. The summed E-state index contributed by atoms with van der Waals surface area (Å²) in [6.45, 7) is 8.36. The third-order valence-corrected chi connectivity index (χ3v) is 3.67. The molecule has 0 atom stereocenters. The molecule has 0 aromatic heterocycles. The van der Waals surface area contributed by atoms with Gasteiger partial charge in [-0.25, -0.2) is 0 Å². The van der Waals surface area contributed by atoms with Gasteiger partial charge in [0.05, 0.1) is 5.41 Å².